The van der Waals surface area contributed by atoms with Gasteiger partial charge in [-0.25, -0.2) is 9.97 Å². The monoisotopic (exact) mass is 420 g/mol. The van der Waals surface area contributed by atoms with Crippen LogP contribution < -0.4 is 0 Å². The number of rotatable bonds is 4. The summed E-state index contributed by atoms with van der Waals surface area (Å²) in [5.41, 5.74) is 8.72. The average Bonchev–Trinajstić information content (AvgIpc) is 3.44. The number of nitrogens with one attached hydrogen (secondary N) is 2. The molecular weight excluding hydrogens is 396 g/mol. The summed E-state index contributed by atoms with van der Waals surface area (Å²) in [7, 11) is 0. The highest BCUT2D eigenvalue weighted by Crippen LogP contribution is 2.27. The molecular formula is C26H24N6. The van der Waals surface area contributed by atoms with Gasteiger partial charge in [-0.2, -0.15) is 10.2 Å². The van der Waals surface area contributed by atoms with E-state index in [1.807, 2.05) is 24.3 Å². The molecule has 0 aliphatic rings. The molecule has 0 fully saturated rings. The molecule has 5 rings (SSSR count). The zero-order valence-corrected chi connectivity index (χ0v) is 18.6. The van der Waals surface area contributed by atoms with Gasteiger partial charge in [0.15, 0.2) is 23.3 Å². The second kappa shape index (κ2) is 7.89. The number of benzene rings is 3. The Balaban J connectivity index is 1.46. The zero-order chi connectivity index (χ0) is 22.2. The highest BCUT2D eigenvalue weighted by molar-refractivity contribution is 5.70. The van der Waals surface area contributed by atoms with E-state index in [0.29, 0.717) is 11.6 Å². The van der Waals surface area contributed by atoms with Crippen LogP contribution in [0.25, 0.3) is 45.6 Å². The third-order valence-corrected chi connectivity index (χ3v) is 5.62. The van der Waals surface area contributed by atoms with Crippen molar-refractivity contribution < 1.29 is 0 Å². The Labute approximate surface area is 186 Å². The molecule has 158 valence electrons. The number of hydrogen-bond acceptors (Lipinski definition) is 4. The van der Waals surface area contributed by atoms with E-state index in [1.54, 1.807) is 0 Å². The fraction of sp³-hybridized carbons (Fsp3) is 0.154. The van der Waals surface area contributed by atoms with E-state index in [9.17, 15) is 0 Å². The van der Waals surface area contributed by atoms with E-state index in [1.165, 1.54) is 22.3 Å². The molecule has 0 unspecified atom stereocenters. The Bertz CT molecular complexity index is 1320. The van der Waals surface area contributed by atoms with Crippen molar-refractivity contribution in [1.29, 1.82) is 0 Å². The number of hydrogen-bond donors (Lipinski definition) is 2. The number of nitrogens with zero attached hydrogens (tertiary/aromatic N) is 4. The average molecular weight is 421 g/mol. The molecule has 0 bridgehead atoms. The van der Waals surface area contributed by atoms with Gasteiger partial charge in [0, 0.05) is 22.3 Å². The van der Waals surface area contributed by atoms with Crippen molar-refractivity contribution in [3.63, 3.8) is 0 Å². The van der Waals surface area contributed by atoms with E-state index in [-0.39, 0.29) is 0 Å². The van der Waals surface area contributed by atoms with Gasteiger partial charge in [-0.05, 0) is 44.9 Å². The number of aromatic amines is 2. The maximum atomic E-state index is 4.73. The maximum absolute atomic E-state index is 4.73. The van der Waals surface area contributed by atoms with Crippen molar-refractivity contribution in [2.24, 2.45) is 0 Å². The van der Waals surface area contributed by atoms with Gasteiger partial charge < -0.3 is 0 Å². The molecule has 0 spiro atoms. The molecule has 0 saturated carbocycles. The predicted molar refractivity (Wildman–Crippen MR) is 127 cm³/mol. The Morgan fingerprint density at radius 2 is 1.03 bits per heavy atom. The van der Waals surface area contributed by atoms with Crippen LogP contribution in [0, 0.1) is 27.7 Å². The van der Waals surface area contributed by atoms with Crippen LogP contribution in [0.15, 0.2) is 60.7 Å². The van der Waals surface area contributed by atoms with Gasteiger partial charge in [-0.15, -0.1) is 0 Å². The molecule has 5 aromatic rings. The Hall–Kier alpha value is -4.06. The van der Waals surface area contributed by atoms with Gasteiger partial charge in [-0.1, -0.05) is 65.7 Å². The highest BCUT2D eigenvalue weighted by atomic mass is 15.2. The van der Waals surface area contributed by atoms with Crippen molar-refractivity contribution in [2.75, 3.05) is 0 Å². The van der Waals surface area contributed by atoms with Crippen LogP contribution in [0.1, 0.15) is 22.3 Å². The summed E-state index contributed by atoms with van der Waals surface area (Å²) in [6.45, 7) is 8.34. The minimum Gasteiger partial charge on any atom is -0.259 e. The molecule has 0 aliphatic carbocycles. The summed E-state index contributed by atoms with van der Waals surface area (Å²) in [5, 5.41) is 15.1. The first kappa shape index (κ1) is 19.9. The van der Waals surface area contributed by atoms with Crippen LogP contribution in [0.4, 0.5) is 0 Å². The molecule has 0 atom stereocenters. The molecule has 2 aromatic heterocycles. The molecule has 0 radical (unpaired) electrons. The predicted octanol–water partition coefficient (Wildman–Crippen LogP) is 5.82. The minimum atomic E-state index is 0.645. The number of aryl methyl sites for hydroxylation is 4. The Kier molecular flexibility index (Phi) is 4.90. The highest BCUT2D eigenvalue weighted by Gasteiger charge is 2.13. The summed E-state index contributed by atoms with van der Waals surface area (Å²) in [6, 6.07) is 20.6. The fourth-order valence-electron chi connectivity index (χ4n) is 3.98. The topological polar surface area (TPSA) is 83.1 Å². The van der Waals surface area contributed by atoms with Crippen LogP contribution in [0.5, 0.6) is 0 Å². The summed E-state index contributed by atoms with van der Waals surface area (Å²) < 4.78 is 0. The van der Waals surface area contributed by atoms with Gasteiger partial charge in [-0.3, -0.25) is 10.2 Å². The third kappa shape index (κ3) is 3.71. The van der Waals surface area contributed by atoms with Crippen molar-refractivity contribution in [2.45, 2.75) is 27.7 Å². The van der Waals surface area contributed by atoms with Crippen LogP contribution in [0.3, 0.4) is 0 Å². The van der Waals surface area contributed by atoms with Crippen molar-refractivity contribution in [3.8, 4) is 45.6 Å². The van der Waals surface area contributed by atoms with Crippen molar-refractivity contribution in [1.82, 2.24) is 30.4 Å². The molecule has 3 aromatic carbocycles. The summed E-state index contributed by atoms with van der Waals surface area (Å²) in [6.07, 6.45) is 0. The van der Waals surface area contributed by atoms with Crippen LogP contribution in [0.2, 0.25) is 0 Å². The Morgan fingerprint density at radius 3 is 1.47 bits per heavy atom. The SMILES string of the molecule is Cc1ccc(-c2nc(-c3cccc(-c4n[nH]c(-c5ccc(C)cc5C)n4)c3)n[nH]2)c(C)c1. The minimum absolute atomic E-state index is 0.645. The van der Waals surface area contributed by atoms with E-state index >= 15 is 0 Å². The standard InChI is InChI=1S/C26H24N6/c1-15-8-10-21(17(3)12-15)25-27-23(29-31-25)19-6-5-7-20(14-19)24-28-26(32-30-24)22-11-9-16(2)13-18(22)4/h5-14H,1-4H3,(H,27,29,31)(H,28,30,32). The Morgan fingerprint density at radius 1 is 0.562 bits per heavy atom. The fourth-order valence-corrected chi connectivity index (χ4v) is 3.98. The molecule has 2 heterocycles. The first-order valence-electron chi connectivity index (χ1n) is 10.6. The van der Waals surface area contributed by atoms with Crippen LogP contribution in [-0.2, 0) is 0 Å². The smallest absolute Gasteiger partial charge is 0.181 e. The van der Waals surface area contributed by atoms with E-state index in [4.69, 9.17) is 9.97 Å². The van der Waals surface area contributed by atoms with E-state index in [2.05, 4.69) is 84.5 Å². The number of aromatic nitrogens is 6. The molecule has 0 aliphatic heterocycles. The lowest BCUT2D eigenvalue weighted by Crippen LogP contribution is -1.88. The van der Waals surface area contributed by atoms with Gasteiger partial charge in [0.25, 0.3) is 0 Å². The van der Waals surface area contributed by atoms with Crippen LogP contribution in [-0.4, -0.2) is 30.4 Å². The zero-order valence-electron chi connectivity index (χ0n) is 18.6. The first-order chi connectivity index (χ1) is 15.5. The quantitative estimate of drug-likeness (QED) is 0.383. The van der Waals surface area contributed by atoms with Crippen molar-refractivity contribution in [3.05, 3.63) is 82.9 Å². The summed E-state index contributed by atoms with van der Waals surface area (Å²) >= 11 is 0. The molecule has 6 nitrogen and oxygen atoms in total. The summed E-state index contributed by atoms with van der Waals surface area (Å²) in [5.74, 6) is 2.81. The van der Waals surface area contributed by atoms with E-state index in [0.717, 1.165) is 33.9 Å². The molecule has 6 heteroatoms. The van der Waals surface area contributed by atoms with E-state index < -0.39 is 0 Å². The lowest BCUT2D eigenvalue weighted by molar-refractivity contribution is 1.09. The molecule has 0 saturated heterocycles. The lowest BCUT2D eigenvalue weighted by atomic mass is 10.1. The van der Waals surface area contributed by atoms with Crippen LogP contribution >= 0.6 is 0 Å². The molecule has 2 N–H and O–H groups in total. The molecule has 0 amide bonds. The lowest BCUT2D eigenvalue weighted by Gasteiger charge is -2.03. The van der Waals surface area contributed by atoms with Crippen molar-refractivity contribution >= 4 is 0 Å². The summed E-state index contributed by atoms with van der Waals surface area (Å²) in [4.78, 5) is 9.47. The first-order valence-corrected chi connectivity index (χ1v) is 10.6. The normalized spacial score (nSPS) is 11.1. The second-order valence-corrected chi connectivity index (χ2v) is 8.23. The second-order valence-electron chi connectivity index (χ2n) is 8.23. The maximum Gasteiger partial charge on any atom is 0.181 e. The van der Waals surface area contributed by atoms with Gasteiger partial charge in [0.2, 0.25) is 0 Å². The van der Waals surface area contributed by atoms with Gasteiger partial charge >= 0.3 is 0 Å². The third-order valence-electron chi connectivity index (χ3n) is 5.62. The largest absolute Gasteiger partial charge is 0.259 e. The van der Waals surface area contributed by atoms with Gasteiger partial charge in [0.05, 0.1) is 0 Å². The van der Waals surface area contributed by atoms with Gasteiger partial charge in [0.1, 0.15) is 0 Å². The number of H-pyrrole nitrogens is 2. The molecule has 32 heavy (non-hydrogen) atoms.